The second-order valence-corrected chi connectivity index (χ2v) is 15.4. The van der Waals surface area contributed by atoms with Gasteiger partial charge in [-0.25, -0.2) is 0 Å². The molecule has 0 N–H and O–H groups in total. The highest BCUT2D eigenvalue weighted by Gasteiger charge is 2.23. The summed E-state index contributed by atoms with van der Waals surface area (Å²) in [7, 11) is 0. The van der Waals surface area contributed by atoms with E-state index in [1.807, 2.05) is 28.7 Å². The first-order valence-corrected chi connectivity index (χ1v) is 19.1. The fraction of sp³-hybridized carbons (Fsp3) is 0. The van der Waals surface area contributed by atoms with Crippen LogP contribution in [0.15, 0.2) is 180 Å². The van der Waals surface area contributed by atoms with Crippen LogP contribution in [-0.2, 0) is 0 Å². The second kappa shape index (κ2) is 11.7. The number of nitrogens with zero attached hydrogens (tertiary/aromatic N) is 1. The van der Waals surface area contributed by atoms with E-state index in [-0.39, 0.29) is 0 Å². The molecule has 0 amide bonds. The third-order valence-corrected chi connectivity index (χ3v) is 12.6. The quantitative estimate of drug-likeness (QED) is 0.178. The molecular formula is C48H29NOS2. The predicted molar refractivity (Wildman–Crippen MR) is 225 cm³/mol. The largest absolute Gasteiger partial charge is 0.456 e. The summed E-state index contributed by atoms with van der Waals surface area (Å²) in [5.41, 5.74) is 10.1. The molecule has 0 spiro atoms. The Hall–Kier alpha value is -6.20. The van der Waals surface area contributed by atoms with Crippen molar-refractivity contribution < 1.29 is 4.42 Å². The zero-order valence-corrected chi connectivity index (χ0v) is 29.5. The van der Waals surface area contributed by atoms with Gasteiger partial charge in [0.2, 0.25) is 0 Å². The van der Waals surface area contributed by atoms with Crippen molar-refractivity contribution in [3.63, 3.8) is 0 Å². The number of para-hydroxylation sites is 1. The SMILES string of the molecule is c1ccc(-c2ccc(N(c3ccc4oc5ccccc5c4c3)c3ccc4sc5cccc(-c6ccccc6)c5c4c3)c3c2sc2ccccc23)cc1. The molecule has 3 heterocycles. The van der Waals surface area contributed by atoms with Crippen molar-refractivity contribution in [3.8, 4) is 22.3 Å². The minimum atomic E-state index is 0.891. The number of hydrogen-bond donors (Lipinski definition) is 0. The molecule has 11 aromatic rings. The van der Waals surface area contributed by atoms with Crippen LogP contribution in [-0.4, -0.2) is 0 Å². The van der Waals surface area contributed by atoms with E-state index in [2.05, 4.69) is 175 Å². The number of hydrogen-bond acceptors (Lipinski definition) is 4. The number of rotatable bonds is 5. The fourth-order valence-corrected chi connectivity index (χ4v) is 10.3. The van der Waals surface area contributed by atoms with Crippen LogP contribution in [0.5, 0.6) is 0 Å². The van der Waals surface area contributed by atoms with Gasteiger partial charge >= 0.3 is 0 Å². The van der Waals surface area contributed by atoms with Crippen molar-refractivity contribution in [2.24, 2.45) is 0 Å². The smallest absolute Gasteiger partial charge is 0.135 e. The van der Waals surface area contributed by atoms with Crippen molar-refractivity contribution in [2.75, 3.05) is 4.90 Å². The highest BCUT2D eigenvalue weighted by Crippen LogP contribution is 2.50. The zero-order valence-electron chi connectivity index (χ0n) is 27.9. The minimum absolute atomic E-state index is 0.891. The molecule has 3 aromatic heterocycles. The Bertz CT molecular complexity index is 3130. The standard InChI is InChI=1S/C48H29NOS2/c1-3-12-30(13-4-1)34-18-11-21-45-46(34)39-29-33(23-27-44(39)51-45)49(32-22-26-42-38(28-32)36-16-7-9-19-41(36)50-42)40-25-24-35(31-14-5-2-6-15-31)48-47(40)37-17-8-10-20-43(37)52-48/h1-29H. The maximum Gasteiger partial charge on any atom is 0.135 e. The summed E-state index contributed by atoms with van der Waals surface area (Å²) < 4.78 is 11.5. The van der Waals surface area contributed by atoms with Crippen LogP contribution in [0.4, 0.5) is 17.1 Å². The van der Waals surface area contributed by atoms with E-state index in [4.69, 9.17) is 4.42 Å². The van der Waals surface area contributed by atoms with Gasteiger partial charge in [0.1, 0.15) is 11.2 Å². The molecule has 0 aliphatic heterocycles. The highest BCUT2D eigenvalue weighted by molar-refractivity contribution is 7.26. The summed E-state index contributed by atoms with van der Waals surface area (Å²) in [5, 5.41) is 7.33. The Balaban J connectivity index is 1.23. The van der Waals surface area contributed by atoms with Gasteiger partial charge in [0.05, 0.1) is 5.69 Å². The van der Waals surface area contributed by atoms with Crippen molar-refractivity contribution in [1.82, 2.24) is 0 Å². The van der Waals surface area contributed by atoms with Crippen LogP contribution >= 0.6 is 22.7 Å². The molecule has 8 aromatic carbocycles. The Morgan fingerprint density at radius 2 is 1.02 bits per heavy atom. The van der Waals surface area contributed by atoms with E-state index in [1.54, 1.807) is 0 Å². The summed E-state index contributed by atoms with van der Waals surface area (Å²) in [6.45, 7) is 0. The van der Waals surface area contributed by atoms with Gasteiger partial charge in [-0.15, -0.1) is 22.7 Å². The molecule has 0 saturated carbocycles. The van der Waals surface area contributed by atoms with Gasteiger partial charge in [0.25, 0.3) is 0 Å². The average Bonchev–Trinajstić information content (AvgIpc) is 3.90. The first kappa shape index (κ1) is 29.5. The third-order valence-electron chi connectivity index (χ3n) is 10.3. The van der Waals surface area contributed by atoms with Gasteiger partial charge in [-0.05, 0) is 82.9 Å². The molecular weight excluding hydrogens is 671 g/mol. The number of anilines is 3. The summed E-state index contributed by atoms with van der Waals surface area (Å²) in [4.78, 5) is 2.46. The first-order chi connectivity index (χ1) is 25.8. The maximum atomic E-state index is 6.31. The molecule has 0 fully saturated rings. The maximum absolute atomic E-state index is 6.31. The normalized spacial score (nSPS) is 11.8. The predicted octanol–water partition coefficient (Wildman–Crippen LogP) is 15.1. The molecule has 0 atom stereocenters. The zero-order chi connectivity index (χ0) is 34.2. The molecule has 0 saturated heterocycles. The fourth-order valence-electron chi connectivity index (χ4n) is 7.93. The molecule has 0 aliphatic carbocycles. The Labute approximate surface area is 308 Å². The van der Waals surface area contributed by atoms with E-state index >= 15 is 0 Å². The van der Waals surface area contributed by atoms with E-state index in [1.165, 1.54) is 62.6 Å². The van der Waals surface area contributed by atoms with Crippen LogP contribution in [0, 0.1) is 0 Å². The van der Waals surface area contributed by atoms with Crippen LogP contribution < -0.4 is 4.90 Å². The van der Waals surface area contributed by atoms with E-state index < -0.39 is 0 Å². The lowest BCUT2D eigenvalue weighted by Crippen LogP contribution is -2.10. The van der Waals surface area contributed by atoms with Gasteiger partial charge in [-0.3, -0.25) is 0 Å². The van der Waals surface area contributed by atoms with Gasteiger partial charge in [0.15, 0.2) is 0 Å². The van der Waals surface area contributed by atoms with Gasteiger partial charge in [0, 0.05) is 62.5 Å². The van der Waals surface area contributed by atoms with Crippen LogP contribution in [0.1, 0.15) is 0 Å². The Kier molecular flexibility index (Phi) is 6.63. The summed E-state index contributed by atoms with van der Waals surface area (Å²) in [5.74, 6) is 0. The number of furan rings is 1. The second-order valence-electron chi connectivity index (χ2n) is 13.2. The summed E-state index contributed by atoms with van der Waals surface area (Å²) in [6.07, 6.45) is 0. The van der Waals surface area contributed by atoms with Crippen molar-refractivity contribution >= 4 is 102 Å². The van der Waals surface area contributed by atoms with Crippen molar-refractivity contribution in [2.45, 2.75) is 0 Å². The number of benzene rings is 8. The van der Waals surface area contributed by atoms with E-state index in [9.17, 15) is 0 Å². The molecule has 2 nitrogen and oxygen atoms in total. The lowest BCUT2D eigenvalue weighted by atomic mass is 9.98. The van der Waals surface area contributed by atoms with Gasteiger partial charge in [-0.1, -0.05) is 115 Å². The number of thiophene rings is 2. The molecule has 0 unspecified atom stereocenters. The lowest BCUT2D eigenvalue weighted by Gasteiger charge is -2.27. The molecule has 11 rings (SSSR count). The lowest BCUT2D eigenvalue weighted by molar-refractivity contribution is 0.669. The van der Waals surface area contributed by atoms with Crippen molar-refractivity contribution in [1.29, 1.82) is 0 Å². The van der Waals surface area contributed by atoms with Crippen LogP contribution in [0.3, 0.4) is 0 Å². The van der Waals surface area contributed by atoms with E-state index in [0.29, 0.717) is 0 Å². The monoisotopic (exact) mass is 699 g/mol. The minimum Gasteiger partial charge on any atom is -0.456 e. The first-order valence-electron chi connectivity index (χ1n) is 17.5. The summed E-state index contributed by atoms with van der Waals surface area (Å²) in [6, 6.07) is 63.7. The van der Waals surface area contributed by atoms with Gasteiger partial charge < -0.3 is 9.32 Å². The third kappa shape index (κ3) is 4.55. The topological polar surface area (TPSA) is 16.4 Å². The van der Waals surface area contributed by atoms with E-state index in [0.717, 1.165) is 39.0 Å². The molecule has 0 bridgehead atoms. The Morgan fingerprint density at radius 1 is 0.385 bits per heavy atom. The molecule has 244 valence electrons. The average molecular weight is 700 g/mol. The summed E-state index contributed by atoms with van der Waals surface area (Å²) >= 11 is 3.74. The number of fused-ring (bicyclic) bond motifs is 9. The molecule has 4 heteroatoms. The van der Waals surface area contributed by atoms with Crippen molar-refractivity contribution in [3.05, 3.63) is 176 Å². The Morgan fingerprint density at radius 3 is 1.85 bits per heavy atom. The molecule has 0 radical (unpaired) electrons. The molecule has 0 aliphatic rings. The highest BCUT2D eigenvalue weighted by atomic mass is 32.1. The van der Waals surface area contributed by atoms with Crippen LogP contribution in [0.25, 0.3) is 84.5 Å². The van der Waals surface area contributed by atoms with Crippen LogP contribution in [0.2, 0.25) is 0 Å². The molecule has 52 heavy (non-hydrogen) atoms. The van der Waals surface area contributed by atoms with Gasteiger partial charge in [-0.2, -0.15) is 0 Å².